The first-order valence-corrected chi connectivity index (χ1v) is 24.1. The zero-order valence-corrected chi connectivity index (χ0v) is 42.9. The van der Waals surface area contributed by atoms with Gasteiger partial charge in [0, 0.05) is 51.4 Å². The van der Waals surface area contributed by atoms with E-state index in [4.69, 9.17) is 13.8 Å². The number of aryl methyl sites for hydroxylation is 1. The predicted octanol–water partition coefficient (Wildman–Crippen LogP) is 17.3. The highest BCUT2D eigenvalue weighted by Gasteiger charge is 2.41. The lowest BCUT2D eigenvalue weighted by Gasteiger charge is -2.24. The number of hydrogen-bond donors (Lipinski definition) is 0. The van der Waals surface area contributed by atoms with Crippen LogP contribution in [0.1, 0.15) is 141 Å². The van der Waals surface area contributed by atoms with Crippen LogP contribution in [-0.4, -0.2) is 15.6 Å². The zero-order valence-electron chi connectivity index (χ0n) is 45.9. The summed E-state index contributed by atoms with van der Waals surface area (Å²) < 4.78 is 39.8. The number of para-hydroxylation sites is 1. The van der Waals surface area contributed by atoms with Crippen molar-refractivity contribution in [1.82, 2.24) is 18.7 Å². The minimum absolute atomic E-state index is 0.0192. The zero-order chi connectivity index (χ0) is 51.4. The van der Waals surface area contributed by atoms with Gasteiger partial charge < -0.3 is 4.74 Å². The molecule has 8 aromatic rings. The van der Waals surface area contributed by atoms with Gasteiger partial charge in [0.25, 0.3) is 5.69 Å². The van der Waals surface area contributed by atoms with Crippen LogP contribution in [0.4, 0.5) is 22.7 Å². The summed E-state index contributed by atoms with van der Waals surface area (Å²) in [7, 11) is 0. The number of rotatable bonds is 6. The van der Waals surface area contributed by atoms with Crippen molar-refractivity contribution in [3.8, 4) is 28.4 Å². The molecule has 2 aromatic heterocycles. The molecule has 1 aliphatic heterocycles. The maximum atomic E-state index is 8.82. The molecule has 346 valence electrons. The van der Waals surface area contributed by atoms with Gasteiger partial charge in [0.15, 0.2) is 0 Å². The van der Waals surface area contributed by atoms with E-state index in [0.717, 1.165) is 56.1 Å². The quantitative estimate of drug-likeness (QED) is 0.156. The molecule has 3 heterocycles. The summed E-state index contributed by atoms with van der Waals surface area (Å²) in [6, 6.07) is 48.3. The molecule has 0 aliphatic carbocycles. The van der Waals surface area contributed by atoms with Gasteiger partial charge in [0.2, 0.25) is 11.4 Å². The van der Waals surface area contributed by atoms with Crippen molar-refractivity contribution in [2.45, 2.75) is 138 Å². The van der Waals surface area contributed by atoms with E-state index >= 15 is 0 Å². The maximum Gasteiger partial charge on any atom is 0.503 e. The van der Waals surface area contributed by atoms with Crippen molar-refractivity contribution in [3.63, 3.8) is 0 Å². The number of ether oxygens (including phenoxy) is 1. The Hall–Kier alpha value is -6.55. The summed E-state index contributed by atoms with van der Waals surface area (Å²) in [6.45, 7) is 30.9. The molecule has 1 aliphatic rings. The highest BCUT2D eigenvalue weighted by molar-refractivity contribution is 6.10. The van der Waals surface area contributed by atoms with Crippen LogP contribution in [-0.2, 0) is 27.1 Å². The van der Waals surface area contributed by atoms with Crippen LogP contribution < -0.4 is 13.9 Å². The third kappa shape index (κ3) is 8.74. The third-order valence-electron chi connectivity index (χ3n) is 13.5. The molecule has 0 bridgehead atoms. The largest absolute Gasteiger partial charge is 0.503 e. The average molecular weight is 902 g/mol. The Morgan fingerprint density at radius 3 is 1.76 bits per heavy atom. The number of hydrogen-bond acceptors (Lipinski definition) is 2. The van der Waals surface area contributed by atoms with Crippen LogP contribution in [0.25, 0.3) is 38.8 Å². The lowest BCUT2D eigenvalue weighted by Crippen LogP contribution is -2.17. The van der Waals surface area contributed by atoms with Crippen LogP contribution in [0.2, 0.25) is 0 Å². The van der Waals surface area contributed by atoms with E-state index in [1.54, 1.807) is 0 Å². The van der Waals surface area contributed by atoms with Crippen molar-refractivity contribution in [2.24, 2.45) is 0 Å². The van der Waals surface area contributed by atoms with Gasteiger partial charge in [0.1, 0.15) is 17.3 Å². The fourth-order valence-corrected chi connectivity index (χ4v) is 9.21. The molecule has 5 heteroatoms. The Labute approximate surface area is 409 Å². The van der Waals surface area contributed by atoms with E-state index in [0.29, 0.717) is 22.6 Å². The molecule has 0 saturated carbocycles. The Morgan fingerprint density at radius 1 is 0.485 bits per heavy atom. The smallest absolute Gasteiger partial charge is 0.457 e. The predicted molar refractivity (Wildman–Crippen MR) is 290 cm³/mol. The van der Waals surface area contributed by atoms with Crippen molar-refractivity contribution in [3.05, 3.63) is 167 Å². The van der Waals surface area contributed by atoms with Gasteiger partial charge in [-0.15, -0.1) is 0 Å². The number of benzene rings is 6. The van der Waals surface area contributed by atoms with Crippen LogP contribution in [0.15, 0.2) is 134 Å². The average Bonchev–Trinajstić information content (AvgIpc) is 3.83. The van der Waals surface area contributed by atoms with Gasteiger partial charge in [-0.2, -0.15) is 0 Å². The summed E-state index contributed by atoms with van der Waals surface area (Å²) in [5.41, 5.74) is 12.7. The summed E-state index contributed by atoms with van der Waals surface area (Å²) in [4.78, 5) is 4.95. The molecule has 0 spiro atoms. The lowest BCUT2D eigenvalue weighted by atomic mass is 9.80. The second-order valence-corrected chi connectivity index (χ2v) is 24.0. The summed E-state index contributed by atoms with van der Waals surface area (Å²) in [5, 5.41) is 2.30. The monoisotopic (exact) mass is 902 g/mol. The number of aromatic nitrogens is 2. The Balaban J connectivity index is 1.22. The molecular formula is C63H70N4O+2. The molecule has 0 atom stereocenters. The normalized spacial score (nSPS) is 14.4. The first-order chi connectivity index (χ1) is 33.0. The summed E-state index contributed by atoms with van der Waals surface area (Å²) in [6.07, 6.45) is 1.91. The molecule has 0 amide bonds. The van der Waals surface area contributed by atoms with Crippen molar-refractivity contribution in [1.29, 1.82) is 0 Å². The van der Waals surface area contributed by atoms with Gasteiger partial charge in [-0.05, 0) is 131 Å². The van der Waals surface area contributed by atoms with Crippen molar-refractivity contribution in [2.75, 3.05) is 0 Å². The molecule has 0 saturated heterocycles. The molecule has 0 fully saturated rings. The second kappa shape index (κ2) is 16.3. The van der Waals surface area contributed by atoms with E-state index in [2.05, 4.69) is 215 Å². The van der Waals surface area contributed by atoms with E-state index in [9.17, 15) is 0 Å². The third-order valence-corrected chi connectivity index (χ3v) is 13.5. The molecule has 9 rings (SSSR count). The van der Waals surface area contributed by atoms with Crippen molar-refractivity contribution >= 4 is 50.6 Å². The lowest BCUT2D eigenvalue weighted by molar-refractivity contribution is 0.483. The number of pyridine rings is 1. The second-order valence-electron chi connectivity index (χ2n) is 24.0. The Kier molecular flexibility index (Phi) is 10.3. The minimum atomic E-state index is -2.35. The van der Waals surface area contributed by atoms with Gasteiger partial charge >= 0.3 is 11.7 Å². The van der Waals surface area contributed by atoms with Crippen LogP contribution in [0.5, 0.6) is 11.5 Å². The van der Waals surface area contributed by atoms with Gasteiger partial charge in [-0.3, -0.25) is 4.57 Å². The minimum Gasteiger partial charge on any atom is -0.457 e. The van der Waals surface area contributed by atoms with E-state index in [-0.39, 0.29) is 27.1 Å². The van der Waals surface area contributed by atoms with Gasteiger partial charge in [-0.1, -0.05) is 146 Å². The van der Waals surface area contributed by atoms with E-state index in [1.807, 2.05) is 42.6 Å². The Bertz CT molecular complexity index is 3460. The number of nitrogens with zero attached hydrogens (tertiary/aromatic N) is 4. The van der Waals surface area contributed by atoms with Gasteiger partial charge in [0.05, 0.1) is 22.7 Å². The SMILES string of the molecule is [2H]C([2H])([2H])c1cc(C(C)(C)C)ccc1-c1cccc2c1[N+](c1cc(C(C)(C)C)cc(C(C)(C)C)c1)=C=[N+]2c1cccc(Oc2ccc3c4cc(C(C)(C)C)ccc4n(-c4cc(C(C)(C)C)ccn4)c3c2)c1. The summed E-state index contributed by atoms with van der Waals surface area (Å²) >= 11 is 0. The highest BCUT2D eigenvalue weighted by Crippen LogP contribution is 2.46. The van der Waals surface area contributed by atoms with Crippen LogP contribution in [0.3, 0.4) is 0 Å². The highest BCUT2D eigenvalue weighted by atomic mass is 16.5. The van der Waals surface area contributed by atoms with Crippen molar-refractivity contribution < 1.29 is 8.85 Å². The molecule has 6 aromatic carbocycles. The topological polar surface area (TPSA) is 33.1 Å². The number of fused-ring (bicyclic) bond motifs is 4. The first-order valence-electron chi connectivity index (χ1n) is 25.6. The standard InChI is InChI=1S/C63H70N4O/c1-40-31-41(59(2,3)4)23-26-50(40)52-21-18-22-55-58(52)66(47-33-44(62(11,12)13)32-45(34-47)63(14,15)16)39-65(55)46-19-17-20-48(37-46)68-49-25-27-51-53-35-42(60(5,6)7)24-28-54(53)67(56(51)38-49)57-36-43(29-30-64-57)61(8,9)10/h17-38H,1-16H3/q+2/i1D3. The fourth-order valence-electron chi connectivity index (χ4n) is 9.21. The molecular weight excluding hydrogens is 829 g/mol. The molecule has 0 unspecified atom stereocenters. The van der Waals surface area contributed by atoms with E-state index < -0.39 is 6.85 Å². The fraction of sp³-hybridized carbons (Fsp3) is 0.333. The van der Waals surface area contributed by atoms with Crippen LogP contribution >= 0.6 is 0 Å². The van der Waals surface area contributed by atoms with Gasteiger partial charge in [-0.25, -0.2) is 4.98 Å². The summed E-state index contributed by atoms with van der Waals surface area (Å²) in [5.74, 6) is 2.23. The maximum absolute atomic E-state index is 8.82. The molecule has 68 heavy (non-hydrogen) atoms. The Morgan fingerprint density at radius 2 is 1.10 bits per heavy atom. The van der Waals surface area contributed by atoms with E-state index in [1.165, 1.54) is 27.6 Å². The molecule has 0 radical (unpaired) electrons. The first kappa shape index (κ1) is 42.8. The van der Waals surface area contributed by atoms with Crippen LogP contribution in [0, 0.1) is 6.85 Å². The molecule has 0 N–H and O–H groups in total. The molecule has 5 nitrogen and oxygen atoms in total.